The van der Waals surface area contributed by atoms with E-state index >= 15 is 0 Å². The Morgan fingerprint density at radius 1 is 1.04 bits per heavy atom. The first-order chi connectivity index (χ1) is 11.6. The minimum Gasteiger partial charge on any atom is -0.345 e. The van der Waals surface area contributed by atoms with E-state index < -0.39 is 6.04 Å². The maximum absolute atomic E-state index is 12.5. The summed E-state index contributed by atoms with van der Waals surface area (Å²) < 4.78 is 0. The summed E-state index contributed by atoms with van der Waals surface area (Å²) in [7, 11) is 0. The summed E-state index contributed by atoms with van der Waals surface area (Å²) >= 11 is 0. The fraction of sp³-hybridized carbons (Fsp3) is 0.895. The second-order valence-electron chi connectivity index (χ2n) is 7.57. The van der Waals surface area contributed by atoms with Crippen LogP contribution in [-0.2, 0) is 9.59 Å². The Labute approximate surface area is 159 Å². The lowest BCUT2D eigenvalue weighted by Crippen LogP contribution is -2.50. The molecule has 0 radical (unpaired) electrons. The van der Waals surface area contributed by atoms with Gasteiger partial charge in [0.05, 0.1) is 0 Å². The molecule has 146 valence electrons. The van der Waals surface area contributed by atoms with E-state index in [4.69, 9.17) is 0 Å². The minimum atomic E-state index is -0.397. The summed E-state index contributed by atoms with van der Waals surface area (Å²) in [5.41, 5.74) is 0. The van der Waals surface area contributed by atoms with Crippen molar-refractivity contribution < 1.29 is 9.59 Å². The average Bonchev–Trinajstić information content (AvgIpc) is 2.60. The van der Waals surface area contributed by atoms with Gasteiger partial charge in [-0.05, 0) is 57.5 Å². The van der Waals surface area contributed by atoms with Crippen molar-refractivity contribution in [2.45, 2.75) is 71.3 Å². The van der Waals surface area contributed by atoms with Crippen molar-refractivity contribution >= 4 is 24.2 Å². The second-order valence-corrected chi connectivity index (χ2v) is 7.57. The summed E-state index contributed by atoms with van der Waals surface area (Å²) in [5.74, 6) is 1.31. The van der Waals surface area contributed by atoms with Gasteiger partial charge >= 0.3 is 0 Å². The van der Waals surface area contributed by atoms with E-state index in [1.165, 1.54) is 19.3 Å². The molecule has 1 aliphatic heterocycles. The van der Waals surface area contributed by atoms with Crippen LogP contribution in [-0.4, -0.2) is 48.9 Å². The van der Waals surface area contributed by atoms with E-state index in [2.05, 4.69) is 17.6 Å². The van der Waals surface area contributed by atoms with Gasteiger partial charge in [0.2, 0.25) is 11.8 Å². The van der Waals surface area contributed by atoms with E-state index in [1.807, 2.05) is 11.8 Å². The zero-order valence-corrected chi connectivity index (χ0v) is 16.7. The molecule has 1 aliphatic carbocycles. The smallest absolute Gasteiger partial charge is 0.244 e. The molecule has 5 nitrogen and oxygen atoms in total. The fourth-order valence-corrected chi connectivity index (χ4v) is 4.00. The Kier molecular flexibility index (Phi) is 10.4. The van der Waals surface area contributed by atoms with Crippen LogP contribution in [0.15, 0.2) is 0 Å². The van der Waals surface area contributed by atoms with E-state index in [9.17, 15) is 9.59 Å². The summed E-state index contributed by atoms with van der Waals surface area (Å²) in [6.07, 6.45) is 8.81. The van der Waals surface area contributed by atoms with Gasteiger partial charge in [0.15, 0.2) is 0 Å². The number of nitrogens with one attached hydrogen (secondary N) is 2. The number of hydrogen-bond donors (Lipinski definition) is 2. The number of piperidine rings is 1. The van der Waals surface area contributed by atoms with Gasteiger partial charge in [-0.15, -0.1) is 12.4 Å². The van der Waals surface area contributed by atoms with E-state index in [0.717, 1.165) is 51.9 Å². The van der Waals surface area contributed by atoms with E-state index in [-0.39, 0.29) is 24.2 Å². The predicted molar refractivity (Wildman–Crippen MR) is 104 cm³/mol. The number of likely N-dealkylation sites (tertiary alicyclic amines) is 1. The van der Waals surface area contributed by atoms with E-state index in [1.54, 1.807) is 0 Å². The molecule has 1 saturated carbocycles. The van der Waals surface area contributed by atoms with Crippen molar-refractivity contribution in [3.63, 3.8) is 0 Å². The van der Waals surface area contributed by atoms with Crippen LogP contribution in [0.3, 0.4) is 0 Å². The zero-order valence-electron chi connectivity index (χ0n) is 15.9. The third-order valence-corrected chi connectivity index (χ3v) is 5.56. The normalized spacial score (nSPS) is 20.6. The standard InChI is InChI=1S/C19H35N3O2.ClH/c1-3-20-14-17-9-11-22(12-10-17)19(24)15(2)21-18(23)13-16-7-5-4-6-8-16;/h15-17,20H,3-14H2,1-2H3,(H,21,23);1H. The molecule has 2 rings (SSSR count). The van der Waals surface area contributed by atoms with Crippen molar-refractivity contribution in [2.24, 2.45) is 11.8 Å². The largest absolute Gasteiger partial charge is 0.345 e. The lowest BCUT2D eigenvalue weighted by Gasteiger charge is -2.34. The summed E-state index contributed by atoms with van der Waals surface area (Å²) in [6, 6.07) is -0.397. The van der Waals surface area contributed by atoms with Gasteiger partial charge in [0.25, 0.3) is 0 Å². The highest BCUT2D eigenvalue weighted by Gasteiger charge is 2.27. The van der Waals surface area contributed by atoms with Gasteiger partial charge in [0, 0.05) is 19.5 Å². The van der Waals surface area contributed by atoms with Crippen molar-refractivity contribution in [3.8, 4) is 0 Å². The van der Waals surface area contributed by atoms with Gasteiger partial charge < -0.3 is 15.5 Å². The lowest BCUT2D eigenvalue weighted by molar-refractivity contribution is -0.137. The van der Waals surface area contributed by atoms with Crippen molar-refractivity contribution in [1.29, 1.82) is 0 Å². The first-order valence-electron chi connectivity index (χ1n) is 9.89. The minimum absolute atomic E-state index is 0. The predicted octanol–water partition coefficient (Wildman–Crippen LogP) is 2.73. The fourth-order valence-electron chi connectivity index (χ4n) is 4.00. The Hall–Kier alpha value is -0.810. The molecule has 0 aromatic carbocycles. The quantitative estimate of drug-likeness (QED) is 0.721. The number of carbonyl (C=O) groups excluding carboxylic acids is 2. The maximum Gasteiger partial charge on any atom is 0.244 e. The monoisotopic (exact) mass is 373 g/mol. The van der Waals surface area contributed by atoms with Crippen LogP contribution >= 0.6 is 12.4 Å². The Bertz CT molecular complexity index is 405. The number of nitrogens with zero attached hydrogens (tertiary/aromatic N) is 1. The molecule has 1 unspecified atom stereocenters. The Morgan fingerprint density at radius 3 is 2.28 bits per heavy atom. The Balaban J connectivity index is 0.00000312. The molecule has 0 spiro atoms. The molecule has 0 aromatic rings. The molecular weight excluding hydrogens is 338 g/mol. The highest BCUT2D eigenvalue weighted by Crippen LogP contribution is 2.26. The molecule has 2 N–H and O–H groups in total. The number of amides is 2. The molecular formula is C19H36ClN3O2. The summed E-state index contributed by atoms with van der Waals surface area (Å²) in [5, 5.41) is 6.32. The molecule has 0 aromatic heterocycles. The van der Waals surface area contributed by atoms with Gasteiger partial charge in [0.1, 0.15) is 6.04 Å². The second kappa shape index (κ2) is 11.7. The number of carbonyl (C=O) groups is 2. The van der Waals surface area contributed by atoms with Crippen LogP contribution in [0, 0.1) is 11.8 Å². The number of rotatable bonds is 7. The summed E-state index contributed by atoms with van der Waals surface area (Å²) in [6.45, 7) is 7.63. The van der Waals surface area contributed by atoms with Gasteiger partial charge in [-0.2, -0.15) is 0 Å². The van der Waals surface area contributed by atoms with Crippen LogP contribution in [0.2, 0.25) is 0 Å². The molecule has 1 saturated heterocycles. The average molecular weight is 374 g/mol. The topological polar surface area (TPSA) is 61.4 Å². The molecule has 2 aliphatic rings. The molecule has 2 amide bonds. The lowest BCUT2D eigenvalue weighted by atomic mass is 9.87. The number of halogens is 1. The number of hydrogen-bond acceptors (Lipinski definition) is 3. The SMILES string of the molecule is CCNCC1CCN(C(=O)C(C)NC(=O)CC2CCCCC2)CC1.Cl. The molecule has 0 bridgehead atoms. The summed E-state index contributed by atoms with van der Waals surface area (Å²) in [4.78, 5) is 26.7. The molecule has 1 atom stereocenters. The van der Waals surface area contributed by atoms with Crippen molar-refractivity contribution in [3.05, 3.63) is 0 Å². The van der Waals surface area contributed by atoms with Crippen LogP contribution in [0.25, 0.3) is 0 Å². The third-order valence-electron chi connectivity index (χ3n) is 5.56. The van der Waals surface area contributed by atoms with Crippen LogP contribution in [0.1, 0.15) is 65.2 Å². The van der Waals surface area contributed by atoms with Gasteiger partial charge in [-0.1, -0.05) is 26.2 Å². The van der Waals surface area contributed by atoms with Crippen molar-refractivity contribution in [1.82, 2.24) is 15.5 Å². The van der Waals surface area contributed by atoms with E-state index in [0.29, 0.717) is 18.3 Å². The maximum atomic E-state index is 12.5. The highest BCUT2D eigenvalue weighted by atomic mass is 35.5. The van der Waals surface area contributed by atoms with Crippen LogP contribution in [0.4, 0.5) is 0 Å². The van der Waals surface area contributed by atoms with Crippen LogP contribution < -0.4 is 10.6 Å². The van der Waals surface area contributed by atoms with Crippen molar-refractivity contribution in [2.75, 3.05) is 26.2 Å². The highest BCUT2D eigenvalue weighted by molar-refractivity contribution is 5.87. The molecule has 2 fully saturated rings. The Morgan fingerprint density at radius 2 is 1.68 bits per heavy atom. The zero-order chi connectivity index (χ0) is 17.4. The molecule has 6 heteroatoms. The van der Waals surface area contributed by atoms with Crippen LogP contribution in [0.5, 0.6) is 0 Å². The molecule has 1 heterocycles. The third kappa shape index (κ3) is 7.53. The molecule has 25 heavy (non-hydrogen) atoms. The van der Waals surface area contributed by atoms with Gasteiger partial charge in [-0.3, -0.25) is 9.59 Å². The first kappa shape index (κ1) is 22.2. The first-order valence-corrected chi connectivity index (χ1v) is 9.89. The van der Waals surface area contributed by atoms with Gasteiger partial charge in [-0.25, -0.2) is 0 Å².